The zero-order valence-corrected chi connectivity index (χ0v) is 10.9. The van der Waals surface area contributed by atoms with E-state index in [0.717, 1.165) is 0 Å². The first-order valence-corrected chi connectivity index (χ1v) is 6.93. The predicted octanol–water partition coefficient (Wildman–Crippen LogP) is 4.15. The van der Waals surface area contributed by atoms with E-state index in [-0.39, 0.29) is 23.8 Å². The van der Waals surface area contributed by atoms with Crippen LogP contribution in [0.1, 0.15) is 40.0 Å². The van der Waals surface area contributed by atoms with E-state index in [9.17, 15) is 0 Å². The molecule has 0 saturated heterocycles. The second-order valence-corrected chi connectivity index (χ2v) is 6.18. The van der Waals surface area contributed by atoms with Crippen molar-refractivity contribution in [3.8, 4) is 0 Å². The first kappa shape index (κ1) is 14.5. The van der Waals surface area contributed by atoms with Crippen LogP contribution in [-0.4, -0.2) is 0 Å². The molecule has 0 aromatic carbocycles. The molecule has 0 radical (unpaired) electrons. The van der Waals surface area contributed by atoms with Gasteiger partial charge in [-0.15, -0.1) is 0 Å². The van der Waals surface area contributed by atoms with Crippen molar-refractivity contribution in [3.05, 3.63) is 0 Å². The summed E-state index contributed by atoms with van der Waals surface area (Å²) in [6.45, 7) is 6.95. The molecule has 0 aromatic heterocycles. The van der Waals surface area contributed by atoms with E-state index in [1.165, 1.54) is 19.3 Å². The molecule has 0 aliphatic carbocycles. The van der Waals surface area contributed by atoms with Gasteiger partial charge in [0.25, 0.3) is 0 Å². The fourth-order valence-electron chi connectivity index (χ4n) is 1.09. The minimum Gasteiger partial charge on any atom is -0.153 e. The summed E-state index contributed by atoms with van der Waals surface area (Å²) in [5, 5.41) is 4.65. The van der Waals surface area contributed by atoms with Crippen LogP contribution in [0.25, 0.3) is 0 Å². The Balaban J connectivity index is 0. The van der Waals surface area contributed by atoms with Gasteiger partial charge in [0.15, 0.2) is 0 Å². The monoisotopic (exact) mass is 218 g/mol. The van der Waals surface area contributed by atoms with Gasteiger partial charge in [-0.3, -0.25) is 0 Å². The maximum absolute atomic E-state index is 2.32. The topological polar surface area (TPSA) is 0 Å². The number of rotatable bonds is 6. The largest absolute Gasteiger partial charge is 0.153 e. The second-order valence-electron chi connectivity index (χ2n) is 2.63. The van der Waals surface area contributed by atoms with Gasteiger partial charge < -0.3 is 0 Å². The molecular formula is C9H24MnP. The Labute approximate surface area is 80.0 Å². The quantitative estimate of drug-likeness (QED) is 0.464. The molecule has 0 aliphatic heterocycles. The zero-order valence-electron chi connectivity index (χ0n) is 8.33. The van der Waals surface area contributed by atoms with Gasteiger partial charge in [0.1, 0.15) is 0 Å². The van der Waals surface area contributed by atoms with E-state index in [4.69, 9.17) is 0 Å². The van der Waals surface area contributed by atoms with Crippen molar-refractivity contribution < 1.29 is 13.9 Å². The molecule has 11 heavy (non-hydrogen) atoms. The third kappa shape index (κ3) is 8.86. The van der Waals surface area contributed by atoms with Crippen LogP contribution in [0.15, 0.2) is 0 Å². The Kier molecular flexibility index (Phi) is 14.4. The Morgan fingerprint density at radius 1 is 0.727 bits per heavy atom. The maximum Gasteiger partial charge on any atom is -0.153 e. The van der Waals surface area contributed by atoms with Crippen LogP contribution in [0.3, 0.4) is 0 Å². The molecule has 0 nitrogen and oxygen atoms in total. The van der Waals surface area contributed by atoms with E-state index in [1.54, 1.807) is 16.0 Å². The summed E-state index contributed by atoms with van der Waals surface area (Å²) in [5.41, 5.74) is 0. The fourth-order valence-corrected chi connectivity index (χ4v) is 4.47. The van der Waals surface area contributed by atoms with E-state index in [0.29, 0.717) is 0 Å². The number of hydrogen-bond acceptors (Lipinski definition) is 0. The summed E-state index contributed by atoms with van der Waals surface area (Å²) in [6.07, 6.45) is 4.24. The van der Waals surface area contributed by atoms with Gasteiger partial charge in [-0.1, -0.05) is 0 Å². The predicted molar refractivity (Wildman–Crippen MR) is 56.4 cm³/mol. The Morgan fingerprint density at radius 2 is 1.00 bits per heavy atom. The first-order chi connectivity index (χ1) is 4.85. The molecule has 1 atom stereocenters. The van der Waals surface area contributed by atoms with Crippen molar-refractivity contribution in [2.45, 2.75) is 56.0 Å². The molecule has 0 spiro atoms. The van der Waals surface area contributed by atoms with Crippen molar-refractivity contribution in [2.24, 2.45) is 0 Å². The first-order valence-electron chi connectivity index (χ1n) is 4.42. The molecule has 0 saturated carbocycles. The third-order valence-electron chi connectivity index (χ3n) is 1.37. The van der Waals surface area contributed by atoms with Gasteiger partial charge >= 0.3 is 69.9 Å². The molecule has 0 N–H and O–H groups in total. The van der Waals surface area contributed by atoms with Crippen LogP contribution in [0.5, 0.6) is 0 Å². The SMILES string of the molecule is CC[CH2][Mn]([CH2]CC)[CH2]CC.P. The van der Waals surface area contributed by atoms with Crippen molar-refractivity contribution in [1.82, 2.24) is 0 Å². The average molecular weight is 218 g/mol. The van der Waals surface area contributed by atoms with Crippen molar-refractivity contribution in [3.63, 3.8) is 0 Å². The molecule has 0 bridgehead atoms. The Hall–Kier alpha value is 0.949. The van der Waals surface area contributed by atoms with E-state index >= 15 is 0 Å². The van der Waals surface area contributed by atoms with Crippen LogP contribution in [-0.2, 0) is 13.9 Å². The summed E-state index contributed by atoms with van der Waals surface area (Å²) in [6, 6.07) is 0. The van der Waals surface area contributed by atoms with Crippen molar-refractivity contribution in [2.75, 3.05) is 0 Å². The summed E-state index contributed by atoms with van der Waals surface area (Å²) >= 11 is 0.0816. The van der Waals surface area contributed by atoms with Gasteiger partial charge in [0.05, 0.1) is 0 Å². The summed E-state index contributed by atoms with van der Waals surface area (Å²) in [7, 11) is 0. The average Bonchev–Trinajstić information content (AvgIpc) is 1.90. The normalized spacial score (nSPS) is 10.6. The standard InChI is InChI=1S/3C3H7.Mn.H3P/c3*1-3-2;;/h3*1,3H2,2H3;;1H3. The van der Waals surface area contributed by atoms with E-state index in [2.05, 4.69) is 20.8 Å². The minimum absolute atomic E-state index is 0. The Bertz CT molecular complexity index is 52.3. The van der Waals surface area contributed by atoms with Gasteiger partial charge in [0.2, 0.25) is 0 Å². The van der Waals surface area contributed by atoms with Crippen LogP contribution in [0.2, 0.25) is 16.0 Å². The molecule has 0 rings (SSSR count). The van der Waals surface area contributed by atoms with Crippen molar-refractivity contribution >= 4 is 9.90 Å². The van der Waals surface area contributed by atoms with Gasteiger partial charge in [-0.25, -0.2) is 0 Å². The molecule has 72 valence electrons. The van der Waals surface area contributed by atoms with Crippen molar-refractivity contribution in [1.29, 1.82) is 0 Å². The minimum atomic E-state index is 0. The summed E-state index contributed by atoms with van der Waals surface area (Å²) in [5.74, 6) is 0. The van der Waals surface area contributed by atoms with Crippen LogP contribution >= 0.6 is 9.90 Å². The van der Waals surface area contributed by atoms with Gasteiger partial charge in [-0.05, 0) is 0 Å². The molecular weight excluding hydrogens is 194 g/mol. The van der Waals surface area contributed by atoms with Gasteiger partial charge in [0, 0.05) is 0 Å². The zero-order chi connectivity index (χ0) is 7.82. The molecule has 0 heterocycles. The fraction of sp³-hybridized carbons (Fsp3) is 1.00. The smallest absolute Gasteiger partial charge is 0.153 e. The molecule has 1 unspecified atom stereocenters. The van der Waals surface area contributed by atoms with E-state index < -0.39 is 0 Å². The Morgan fingerprint density at radius 3 is 1.18 bits per heavy atom. The molecule has 2 heteroatoms. The van der Waals surface area contributed by atoms with Gasteiger partial charge in [-0.2, -0.15) is 9.90 Å². The summed E-state index contributed by atoms with van der Waals surface area (Å²) in [4.78, 5) is 0. The summed E-state index contributed by atoms with van der Waals surface area (Å²) < 4.78 is 0. The third-order valence-corrected chi connectivity index (χ3v) is 5.64. The molecule has 0 fully saturated rings. The molecule has 0 aliphatic rings. The maximum atomic E-state index is 2.32. The van der Waals surface area contributed by atoms with Crippen LogP contribution < -0.4 is 0 Å². The van der Waals surface area contributed by atoms with Crippen LogP contribution in [0, 0.1) is 0 Å². The number of hydrogen-bond donors (Lipinski definition) is 0. The van der Waals surface area contributed by atoms with Crippen LogP contribution in [0.4, 0.5) is 0 Å². The molecule has 0 amide bonds. The van der Waals surface area contributed by atoms with E-state index in [1.807, 2.05) is 0 Å². The molecule has 0 aromatic rings. The second kappa shape index (κ2) is 10.9.